The van der Waals surface area contributed by atoms with Crippen LogP contribution in [-0.4, -0.2) is 52.5 Å². The Bertz CT molecular complexity index is 2010. The minimum absolute atomic E-state index is 0.0327. The van der Waals surface area contributed by atoms with E-state index in [1.807, 2.05) is 49.8 Å². The summed E-state index contributed by atoms with van der Waals surface area (Å²) in [6, 6.07) is 24.9. The van der Waals surface area contributed by atoms with Crippen LogP contribution >= 0.6 is 0 Å². The maximum absolute atomic E-state index is 13.9. The molecule has 10 nitrogen and oxygen atoms in total. The Morgan fingerprint density at radius 1 is 0.959 bits per heavy atom. The van der Waals surface area contributed by atoms with Crippen molar-refractivity contribution >= 4 is 27.2 Å². The molecular weight excluding hydrogens is 637 g/mol. The van der Waals surface area contributed by atoms with Crippen molar-refractivity contribution in [3.05, 3.63) is 114 Å². The van der Waals surface area contributed by atoms with Gasteiger partial charge in [0.15, 0.2) is 21.4 Å². The molecule has 0 spiro atoms. The quantitative estimate of drug-likeness (QED) is 0.169. The van der Waals surface area contributed by atoms with E-state index in [9.17, 15) is 18.3 Å². The van der Waals surface area contributed by atoms with Crippen molar-refractivity contribution in [1.82, 2.24) is 25.1 Å². The average molecular weight is 679 g/mol. The molecule has 0 aliphatic heterocycles. The molecule has 6 rings (SSSR count). The maximum Gasteiger partial charge on any atom is 0.228 e. The molecule has 2 aromatic heterocycles. The minimum Gasteiger partial charge on any atom is -0.503 e. The molecule has 0 saturated heterocycles. The Labute approximate surface area is 287 Å². The molecule has 1 fully saturated rings. The zero-order chi connectivity index (χ0) is 34.5. The summed E-state index contributed by atoms with van der Waals surface area (Å²) in [6.07, 6.45) is 10.6. The van der Waals surface area contributed by atoms with Crippen molar-refractivity contribution < 1.29 is 18.3 Å². The number of aromatic hydroxyl groups is 1. The third-order valence-electron chi connectivity index (χ3n) is 9.48. The number of benzene rings is 3. The smallest absolute Gasteiger partial charge is 0.228 e. The van der Waals surface area contributed by atoms with Gasteiger partial charge >= 0.3 is 0 Å². The van der Waals surface area contributed by atoms with Gasteiger partial charge in [0.2, 0.25) is 5.91 Å². The van der Waals surface area contributed by atoms with Crippen LogP contribution in [0.4, 0.5) is 11.5 Å². The molecule has 1 aliphatic rings. The Kier molecular flexibility index (Phi) is 10.1. The van der Waals surface area contributed by atoms with Gasteiger partial charge in [-0.2, -0.15) is 5.10 Å². The molecule has 3 aromatic carbocycles. The first-order valence-electron chi connectivity index (χ1n) is 16.5. The first-order chi connectivity index (χ1) is 23.6. The lowest BCUT2D eigenvalue weighted by Gasteiger charge is -2.33. The second-order valence-corrected chi connectivity index (χ2v) is 15.0. The molecule has 5 aromatic rings. The third-order valence-corrected chi connectivity index (χ3v) is 10.6. The minimum atomic E-state index is -3.50. The van der Waals surface area contributed by atoms with Gasteiger partial charge in [-0.15, -0.1) is 0 Å². The van der Waals surface area contributed by atoms with E-state index in [2.05, 4.69) is 44.6 Å². The molecule has 2 N–H and O–H groups in total. The van der Waals surface area contributed by atoms with Crippen molar-refractivity contribution in [2.45, 2.75) is 49.5 Å². The van der Waals surface area contributed by atoms with Crippen LogP contribution in [0.2, 0.25) is 0 Å². The van der Waals surface area contributed by atoms with Crippen molar-refractivity contribution in [3.8, 4) is 16.9 Å². The van der Waals surface area contributed by atoms with Crippen molar-refractivity contribution in [3.63, 3.8) is 0 Å². The lowest BCUT2D eigenvalue weighted by Crippen LogP contribution is -2.35. The zero-order valence-electron chi connectivity index (χ0n) is 28.0. The van der Waals surface area contributed by atoms with Gasteiger partial charge in [-0.05, 0) is 66.3 Å². The monoisotopic (exact) mass is 678 g/mol. The number of hydrogen-bond donors (Lipinski definition) is 2. The first-order valence-corrected chi connectivity index (χ1v) is 18.4. The number of anilines is 2. The van der Waals surface area contributed by atoms with Gasteiger partial charge in [-0.1, -0.05) is 66.7 Å². The van der Waals surface area contributed by atoms with Gasteiger partial charge in [0.25, 0.3) is 0 Å². The summed E-state index contributed by atoms with van der Waals surface area (Å²) < 4.78 is 26.7. The molecule has 2 heterocycles. The lowest BCUT2D eigenvalue weighted by atomic mass is 9.72. The number of nitrogens with zero attached hydrogens (tertiary/aromatic N) is 5. The molecule has 1 aliphatic carbocycles. The highest BCUT2D eigenvalue weighted by atomic mass is 32.2. The molecular formula is C38H42N6O4S. The summed E-state index contributed by atoms with van der Waals surface area (Å²) in [6.45, 7) is 0.475. The largest absolute Gasteiger partial charge is 0.503 e. The second kappa shape index (κ2) is 14.6. The average Bonchev–Trinajstić information content (AvgIpc) is 3.55. The number of rotatable bonds is 11. The maximum atomic E-state index is 13.9. The Balaban J connectivity index is 1.16. The number of aromatic nitrogens is 4. The molecule has 11 heteroatoms. The van der Waals surface area contributed by atoms with Crippen molar-refractivity contribution in [2.24, 2.45) is 18.9 Å². The van der Waals surface area contributed by atoms with Crippen LogP contribution in [0.25, 0.3) is 11.1 Å². The molecule has 1 atom stereocenters. The van der Waals surface area contributed by atoms with Crippen LogP contribution in [-0.2, 0) is 34.6 Å². The van der Waals surface area contributed by atoms with E-state index < -0.39 is 9.84 Å². The molecule has 1 amide bonds. The topological polar surface area (TPSA) is 130 Å². The predicted molar refractivity (Wildman–Crippen MR) is 190 cm³/mol. The van der Waals surface area contributed by atoms with Crippen molar-refractivity contribution in [1.29, 1.82) is 0 Å². The van der Waals surface area contributed by atoms with Crippen LogP contribution in [0, 0.1) is 11.8 Å². The van der Waals surface area contributed by atoms with Crippen LogP contribution in [0.3, 0.4) is 0 Å². The molecule has 0 bridgehead atoms. The van der Waals surface area contributed by atoms with Crippen LogP contribution in [0.15, 0.2) is 102 Å². The van der Waals surface area contributed by atoms with Crippen molar-refractivity contribution in [2.75, 3.05) is 18.2 Å². The highest BCUT2D eigenvalue weighted by Gasteiger charge is 2.34. The van der Waals surface area contributed by atoms with Gasteiger partial charge in [-0.3, -0.25) is 9.48 Å². The van der Waals surface area contributed by atoms with E-state index in [0.29, 0.717) is 30.4 Å². The van der Waals surface area contributed by atoms with Gasteiger partial charge in [0.05, 0.1) is 28.9 Å². The Morgan fingerprint density at radius 3 is 2.33 bits per heavy atom. The number of amides is 1. The highest BCUT2D eigenvalue weighted by Crippen LogP contribution is 2.40. The highest BCUT2D eigenvalue weighted by molar-refractivity contribution is 7.90. The summed E-state index contributed by atoms with van der Waals surface area (Å²) in [5.74, 6) is 0.937. The summed E-state index contributed by atoms with van der Waals surface area (Å²) in [5, 5.41) is 18.2. The van der Waals surface area contributed by atoms with E-state index >= 15 is 0 Å². The van der Waals surface area contributed by atoms with E-state index in [-0.39, 0.29) is 34.2 Å². The van der Waals surface area contributed by atoms with Gasteiger partial charge in [-0.25, -0.2) is 18.4 Å². The molecule has 1 saturated carbocycles. The molecule has 254 valence electrons. The summed E-state index contributed by atoms with van der Waals surface area (Å²) >= 11 is 0. The number of para-hydroxylation sites is 1. The van der Waals surface area contributed by atoms with Crippen LogP contribution in [0.5, 0.6) is 5.75 Å². The van der Waals surface area contributed by atoms with Crippen LogP contribution < -0.4 is 10.2 Å². The van der Waals surface area contributed by atoms with Gasteiger partial charge < -0.3 is 15.3 Å². The Hall–Kier alpha value is -5.03. The fraction of sp³-hybridized carbons (Fsp3) is 0.316. The number of carbonyl (C=O) groups is 1. The summed E-state index contributed by atoms with van der Waals surface area (Å²) in [4.78, 5) is 24.7. The summed E-state index contributed by atoms with van der Waals surface area (Å²) in [7, 11) is 0.0828. The van der Waals surface area contributed by atoms with Gasteiger partial charge in [0.1, 0.15) is 5.82 Å². The lowest BCUT2D eigenvalue weighted by molar-refractivity contribution is -0.124. The predicted octanol–water partition coefficient (Wildman–Crippen LogP) is 6.20. The SMILES string of the molecule is CN(c1ccccc1S(C)(=O)=O)c1nc(C[C@H]2CC[C@H](C(C(=O)NCc3ccccc3)c3ccc(-c4cnn(C)c4)cc3)CC2)ncc1O. The standard InChI is InChI=1S/C38H42N6O4S/c1-43-25-31(23-41-43)28-17-19-30(20-18-28)36(38(46)40-22-27-9-5-4-6-10-27)29-15-13-26(14-16-29)21-35-39-24-33(45)37(42-35)44(2)32-11-7-8-12-34(32)49(3,47)48/h4-12,17-20,23-26,29,36,45H,13-16,21-22H2,1-3H3,(H,40,46)/t26-,29-,36?. The zero-order valence-corrected chi connectivity index (χ0v) is 28.8. The van der Waals surface area contributed by atoms with E-state index in [1.54, 1.807) is 40.9 Å². The number of sulfone groups is 1. The fourth-order valence-electron chi connectivity index (χ4n) is 6.88. The normalized spacial score (nSPS) is 17.0. The molecule has 0 radical (unpaired) electrons. The number of nitrogens with one attached hydrogen (secondary N) is 1. The van der Waals surface area contributed by atoms with E-state index in [1.165, 1.54) is 6.20 Å². The molecule has 49 heavy (non-hydrogen) atoms. The van der Waals surface area contributed by atoms with Crippen LogP contribution in [0.1, 0.15) is 48.6 Å². The fourth-order valence-corrected chi connectivity index (χ4v) is 7.79. The summed E-state index contributed by atoms with van der Waals surface area (Å²) in [5.41, 5.74) is 4.58. The van der Waals surface area contributed by atoms with E-state index in [4.69, 9.17) is 0 Å². The first kappa shape index (κ1) is 33.9. The second-order valence-electron chi connectivity index (χ2n) is 13.0. The number of aryl methyl sites for hydroxylation is 1. The van der Waals surface area contributed by atoms with Gasteiger partial charge in [0, 0.05) is 45.1 Å². The number of carbonyl (C=O) groups excluding carboxylic acids is 1. The number of hydrogen-bond acceptors (Lipinski definition) is 8. The van der Waals surface area contributed by atoms with E-state index in [0.717, 1.165) is 54.2 Å². The molecule has 1 unspecified atom stereocenters. The third kappa shape index (κ3) is 8.00. The Morgan fingerprint density at radius 2 is 1.65 bits per heavy atom.